The van der Waals surface area contributed by atoms with Gasteiger partial charge in [-0.3, -0.25) is 24.6 Å². The Balaban J connectivity index is 1.16. The first-order valence-electron chi connectivity index (χ1n) is 16.4. The van der Waals surface area contributed by atoms with Gasteiger partial charge in [0, 0.05) is 49.2 Å². The van der Waals surface area contributed by atoms with Crippen molar-refractivity contribution in [2.24, 2.45) is 0 Å². The van der Waals surface area contributed by atoms with Gasteiger partial charge in [-0.1, -0.05) is 60.0 Å². The predicted octanol–water partition coefficient (Wildman–Crippen LogP) is 8.04. The molecule has 47 heavy (non-hydrogen) atoms. The standard InChI is InChI=1S/C38H41Cl2N5O2/c1-25-19-28(33(39)20-29(25)23-44-16-4-3-5-17-44)10-12-34-26(2)31(13-15-41-34)32-7-6-8-35(37(32)40)43-38(47)36-11-9-27(21-42-36)22-45-18-14-30(46)24-45/h6-13,15,19-21,30,46H,3-5,14,16-18,22-24H2,1-2H3,(H,43,47)/b12-10+/t30-/m1/s1. The lowest BCUT2D eigenvalue weighted by Gasteiger charge is -2.27. The molecule has 244 valence electrons. The summed E-state index contributed by atoms with van der Waals surface area (Å²) in [6.07, 6.45) is 11.9. The van der Waals surface area contributed by atoms with E-state index in [2.05, 4.69) is 44.1 Å². The van der Waals surface area contributed by atoms with Crippen molar-refractivity contribution in [2.45, 2.75) is 58.7 Å². The van der Waals surface area contributed by atoms with Gasteiger partial charge in [-0.05, 0) is 110 Å². The fraction of sp³-hybridized carbons (Fsp3) is 0.342. The number of nitrogens with zero attached hydrogens (tertiary/aromatic N) is 4. The largest absolute Gasteiger partial charge is 0.392 e. The number of carbonyl (C=O) groups excluding carboxylic acids is 1. The second-order valence-electron chi connectivity index (χ2n) is 12.7. The number of amides is 1. The van der Waals surface area contributed by atoms with Gasteiger partial charge < -0.3 is 10.4 Å². The predicted molar refractivity (Wildman–Crippen MR) is 192 cm³/mol. The fourth-order valence-electron chi connectivity index (χ4n) is 6.47. The minimum absolute atomic E-state index is 0.270. The maximum Gasteiger partial charge on any atom is 0.274 e. The Labute approximate surface area is 287 Å². The summed E-state index contributed by atoms with van der Waals surface area (Å²) in [7, 11) is 0. The zero-order valence-corrected chi connectivity index (χ0v) is 28.5. The quantitative estimate of drug-likeness (QED) is 0.188. The van der Waals surface area contributed by atoms with Gasteiger partial charge in [-0.25, -0.2) is 0 Å². The number of hydrogen-bond acceptors (Lipinski definition) is 6. The number of aryl methyl sites for hydroxylation is 1. The zero-order chi connectivity index (χ0) is 32.9. The number of likely N-dealkylation sites (tertiary alicyclic amines) is 2. The molecule has 0 bridgehead atoms. The highest BCUT2D eigenvalue weighted by molar-refractivity contribution is 6.36. The molecule has 2 aromatic heterocycles. The Morgan fingerprint density at radius 3 is 2.53 bits per heavy atom. The van der Waals surface area contributed by atoms with Crippen molar-refractivity contribution in [2.75, 3.05) is 31.5 Å². The number of hydrogen-bond donors (Lipinski definition) is 2. The molecule has 2 aliphatic heterocycles. The van der Waals surface area contributed by atoms with Crippen molar-refractivity contribution in [1.29, 1.82) is 0 Å². The normalized spacial score (nSPS) is 17.4. The number of nitrogens with one attached hydrogen (secondary N) is 1. The Morgan fingerprint density at radius 2 is 1.79 bits per heavy atom. The van der Waals surface area contributed by atoms with E-state index in [1.165, 1.54) is 30.4 Å². The highest BCUT2D eigenvalue weighted by Crippen LogP contribution is 2.36. The number of carbonyl (C=O) groups is 1. The van der Waals surface area contributed by atoms with Gasteiger partial charge in [0.25, 0.3) is 5.91 Å². The van der Waals surface area contributed by atoms with E-state index in [-0.39, 0.29) is 12.0 Å². The zero-order valence-electron chi connectivity index (χ0n) is 27.0. The van der Waals surface area contributed by atoms with E-state index in [1.807, 2.05) is 43.3 Å². The van der Waals surface area contributed by atoms with Crippen molar-refractivity contribution < 1.29 is 9.90 Å². The van der Waals surface area contributed by atoms with Crippen LogP contribution in [0.25, 0.3) is 23.3 Å². The summed E-state index contributed by atoms with van der Waals surface area (Å²) in [6, 6.07) is 15.4. The fourth-order valence-corrected chi connectivity index (χ4v) is 7.00. The van der Waals surface area contributed by atoms with Crippen LogP contribution in [0.2, 0.25) is 10.0 Å². The lowest BCUT2D eigenvalue weighted by Crippen LogP contribution is -2.29. The summed E-state index contributed by atoms with van der Waals surface area (Å²) >= 11 is 13.7. The molecule has 0 radical (unpaired) electrons. The van der Waals surface area contributed by atoms with Gasteiger partial charge in [0.15, 0.2) is 0 Å². The molecular formula is C38H41Cl2N5O2. The first kappa shape index (κ1) is 33.3. The number of benzene rings is 2. The highest BCUT2D eigenvalue weighted by Gasteiger charge is 2.21. The van der Waals surface area contributed by atoms with Crippen molar-refractivity contribution in [3.63, 3.8) is 0 Å². The van der Waals surface area contributed by atoms with Crippen molar-refractivity contribution in [1.82, 2.24) is 19.8 Å². The monoisotopic (exact) mass is 669 g/mol. The first-order chi connectivity index (χ1) is 22.7. The second kappa shape index (κ2) is 15.1. The van der Waals surface area contributed by atoms with Crippen LogP contribution in [0, 0.1) is 13.8 Å². The Hall–Kier alpha value is -3.59. The van der Waals surface area contributed by atoms with E-state index in [4.69, 9.17) is 23.2 Å². The number of rotatable bonds is 9. The number of aliphatic hydroxyl groups is 1. The number of piperidine rings is 1. The number of pyridine rings is 2. The summed E-state index contributed by atoms with van der Waals surface area (Å²) in [5.41, 5.74) is 8.77. The molecule has 4 heterocycles. The molecule has 2 fully saturated rings. The highest BCUT2D eigenvalue weighted by atomic mass is 35.5. The topological polar surface area (TPSA) is 81.6 Å². The number of aliphatic hydroxyl groups excluding tert-OH is 1. The Kier molecular flexibility index (Phi) is 10.7. The minimum Gasteiger partial charge on any atom is -0.392 e. The van der Waals surface area contributed by atoms with Crippen LogP contribution in [0.15, 0.2) is 60.9 Å². The molecule has 2 saturated heterocycles. The van der Waals surface area contributed by atoms with Crippen LogP contribution in [0.5, 0.6) is 0 Å². The molecule has 2 aromatic carbocycles. The first-order valence-corrected chi connectivity index (χ1v) is 17.1. The van der Waals surface area contributed by atoms with Crippen LogP contribution in [-0.2, 0) is 13.1 Å². The maximum absolute atomic E-state index is 13.1. The Morgan fingerprint density at radius 1 is 0.957 bits per heavy atom. The molecule has 1 atom stereocenters. The number of halogens is 2. The van der Waals surface area contributed by atoms with E-state index in [0.717, 1.165) is 71.1 Å². The molecule has 0 unspecified atom stereocenters. The van der Waals surface area contributed by atoms with E-state index in [9.17, 15) is 9.90 Å². The van der Waals surface area contributed by atoms with Gasteiger partial charge in [0.05, 0.1) is 22.5 Å². The smallest absolute Gasteiger partial charge is 0.274 e. The molecule has 0 saturated carbocycles. The van der Waals surface area contributed by atoms with E-state index >= 15 is 0 Å². The lowest BCUT2D eigenvalue weighted by atomic mass is 9.98. The molecule has 1 amide bonds. The van der Waals surface area contributed by atoms with Crippen molar-refractivity contribution in [3.8, 4) is 11.1 Å². The maximum atomic E-state index is 13.1. The van der Waals surface area contributed by atoms with Crippen molar-refractivity contribution >= 4 is 46.9 Å². The summed E-state index contributed by atoms with van der Waals surface area (Å²) in [5, 5.41) is 13.9. The minimum atomic E-state index is -0.337. The van der Waals surface area contributed by atoms with Crippen LogP contribution in [-0.4, -0.2) is 63.1 Å². The van der Waals surface area contributed by atoms with E-state index < -0.39 is 0 Å². The molecular weight excluding hydrogens is 629 g/mol. The van der Waals surface area contributed by atoms with Crippen LogP contribution in [0.1, 0.15) is 69.7 Å². The van der Waals surface area contributed by atoms with Crippen molar-refractivity contribution in [3.05, 3.63) is 110 Å². The van der Waals surface area contributed by atoms with Crippen LogP contribution in [0.4, 0.5) is 5.69 Å². The molecule has 6 rings (SSSR count). The summed E-state index contributed by atoms with van der Waals surface area (Å²) in [4.78, 5) is 26.8. The number of aromatic nitrogens is 2. The lowest BCUT2D eigenvalue weighted by molar-refractivity contribution is 0.102. The molecule has 9 heteroatoms. The third kappa shape index (κ3) is 8.11. The van der Waals surface area contributed by atoms with Crippen LogP contribution >= 0.6 is 23.2 Å². The van der Waals surface area contributed by atoms with Crippen LogP contribution in [0.3, 0.4) is 0 Å². The average Bonchev–Trinajstić information content (AvgIpc) is 3.48. The molecule has 7 nitrogen and oxygen atoms in total. The summed E-state index contributed by atoms with van der Waals surface area (Å²) < 4.78 is 0. The van der Waals surface area contributed by atoms with Gasteiger partial charge in [-0.15, -0.1) is 0 Å². The molecule has 2 N–H and O–H groups in total. The third-order valence-electron chi connectivity index (χ3n) is 9.21. The Bertz CT molecular complexity index is 1770. The van der Waals surface area contributed by atoms with Gasteiger partial charge in [0.2, 0.25) is 0 Å². The number of β-amino-alcohol motifs (C(OH)–C–C–N with tert-alkyl or cyclic N) is 1. The SMILES string of the molecule is Cc1cc(/C=C/c2nccc(-c3cccc(NC(=O)c4ccc(CN5CC[C@@H](O)C5)cn4)c3Cl)c2C)c(Cl)cc1CN1CCCCC1. The van der Waals surface area contributed by atoms with E-state index in [1.54, 1.807) is 24.5 Å². The average molecular weight is 671 g/mol. The molecule has 0 spiro atoms. The molecule has 4 aromatic rings. The summed E-state index contributed by atoms with van der Waals surface area (Å²) in [6.45, 7) is 9.62. The van der Waals surface area contributed by atoms with Gasteiger partial charge >= 0.3 is 0 Å². The second-order valence-corrected chi connectivity index (χ2v) is 13.5. The number of anilines is 1. The molecule has 2 aliphatic rings. The van der Waals surface area contributed by atoms with Gasteiger partial charge in [-0.2, -0.15) is 0 Å². The summed E-state index contributed by atoms with van der Waals surface area (Å²) in [5.74, 6) is -0.337. The van der Waals surface area contributed by atoms with Gasteiger partial charge in [0.1, 0.15) is 5.69 Å². The van der Waals surface area contributed by atoms with E-state index in [0.29, 0.717) is 29.5 Å². The molecule has 0 aliphatic carbocycles. The van der Waals surface area contributed by atoms with Crippen LogP contribution < -0.4 is 5.32 Å². The third-order valence-corrected chi connectivity index (χ3v) is 9.94.